The molecule has 1 atom stereocenters. The van der Waals surface area contributed by atoms with E-state index in [0.29, 0.717) is 17.2 Å². The monoisotopic (exact) mass is 308 g/mol. The van der Waals surface area contributed by atoms with E-state index >= 15 is 0 Å². The van der Waals surface area contributed by atoms with E-state index in [-0.39, 0.29) is 6.04 Å². The van der Waals surface area contributed by atoms with Crippen molar-refractivity contribution in [1.82, 2.24) is 5.43 Å². The Balaban J connectivity index is 2.59. The Hall–Kier alpha value is -1.76. The van der Waals surface area contributed by atoms with Crippen LogP contribution >= 0.6 is 11.3 Å². The highest BCUT2D eigenvalue weighted by Gasteiger charge is 2.24. The molecule has 21 heavy (non-hydrogen) atoms. The number of methoxy groups -OCH3 is 3. The van der Waals surface area contributed by atoms with Gasteiger partial charge >= 0.3 is 0 Å². The predicted molar refractivity (Wildman–Crippen MR) is 84.3 cm³/mol. The lowest BCUT2D eigenvalue weighted by atomic mass is 10.0. The molecule has 0 aliphatic carbocycles. The van der Waals surface area contributed by atoms with Crippen LogP contribution in [0.15, 0.2) is 23.6 Å². The molecule has 0 radical (unpaired) electrons. The molecule has 0 saturated carbocycles. The van der Waals surface area contributed by atoms with Gasteiger partial charge in [0.15, 0.2) is 11.5 Å². The van der Waals surface area contributed by atoms with Crippen LogP contribution in [0.2, 0.25) is 0 Å². The number of hydrogen-bond donors (Lipinski definition) is 2. The van der Waals surface area contributed by atoms with Crippen LogP contribution in [-0.2, 0) is 0 Å². The molecule has 1 unspecified atom stereocenters. The first-order chi connectivity index (χ1) is 10.2. The summed E-state index contributed by atoms with van der Waals surface area (Å²) in [5, 5.41) is 2.04. The Morgan fingerprint density at radius 3 is 2.24 bits per heavy atom. The van der Waals surface area contributed by atoms with Gasteiger partial charge in [0.1, 0.15) is 0 Å². The normalized spacial score (nSPS) is 12.0. The average molecular weight is 308 g/mol. The first kappa shape index (κ1) is 15.6. The van der Waals surface area contributed by atoms with E-state index in [9.17, 15) is 0 Å². The van der Waals surface area contributed by atoms with Gasteiger partial charge in [-0.05, 0) is 36.1 Å². The van der Waals surface area contributed by atoms with E-state index in [1.165, 1.54) is 5.56 Å². The highest BCUT2D eigenvalue weighted by Crippen LogP contribution is 2.44. The average Bonchev–Trinajstić information content (AvgIpc) is 2.93. The van der Waals surface area contributed by atoms with Gasteiger partial charge in [-0.2, -0.15) is 0 Å². The zero-order chi connectivity index (χ0) is 15.4. The minimum absolute atomic E-state index is 0.167. The molecular weight excluding hydrogens is 288 g/mol. The lowest BCUT2D eigenvalue weighted by Gasteiger charge is -2.21. The zero-order valence-electron chi connectivity index (χ0n) is 12.6. The van der Waals surface area contributed by atoms with Crippen LogP contribution in [0.4, 0.5) is 0 Å². The second kappa shape index (κ2) is 6.80. The summed E-state index contributed by atoms with van der Waals surface area (Å²) >= 11 is 1.65. The second-order valence-electron chi connectivity index (χ2n) is 4.49. The largest absolute Gasteiger partial charge is 0.493 e. The molecule has 0 aliphatic heterocycles. The maximum atomic E-state index is 5.78. The van der Waals surface area contributed by atoms with Crippen LogP contribution in [0.5, 0.6) is 17.2 Å². The Morgan fingerprint density at radius 2 is 1.76 bits per heavy atom. The second-order valence-corrected chi connectivity index (χ2v) is 5.44. The molecule has 1 aromatic heterocycles. The molecule has 0 saturated heterocycles. The molecule has 0 fully saturated rings. The highest BCUT2D eigenvalue weighted by atomic mass is 32.1. The molecule has 0 spiro atoms. The minimum atomic E-state index is -0.167. The van der Waals surface area contributed by atoms with E-state index in [4.69, 9.17) is 20.1 Å². The van der Waals surface area contributed by atoms with E-state index in [1.54, 1.807) is 32.7 Å². The number of aryl methyl sites for hydroxylation is 1. The first-order valence-corrected chi connectivity index (χ1v) is 7.34. The van der Waals surface area contributed by atoms with Crippen LogP contribution < -0.4 is 25.5 Å². The maximum absolute atomic E-state index is 5.78. The first-order valence-electron chi connectivity index (χ1n) is 6.46. The van der Waals surface area contributed by atoms with Gasteiger partial charge in [-0.3, -0.25) is 5.84 Å². The predicted octanol–water partition coefficient (Wildman–Crippen LogP) is 2.64. The van der Waals surface area contributed by atoms with Crippen LogP contribution in [-0.4, -0.2) is 21.3 Å². The number of thiophene rings is 1. The van der Waals surface area contributed by atoms with Gasteiger partial charge in [-0.1, -0.05) is 0 Å². The lowest BCUT2D eigenvalue weighted by molar-refractivity contribution is 0.320. The topological polar surface area (TPSA) is 65.7 Å². The van der Waals surface area contributed by atoms with E-state index in [1.807, 2.05) is 17.5 Å². The quantitative estimate of drug-likeness (QED) is 0.634. The van der Waals surface area contributed by atoms with Crippen molar-refractivity contribution < 1.29 is 14.2 Å². The fourth-order valence-electron chi connectivity index (χ4n) is 2.34. The van der Waals surface area contributed by atoms with Crippen molar-refractivity contribution in [2.45, 2.75) is 13.0 Å². The number of hydrazine groups is 1. The fourth-order valence-corrected chi connectivity index (χ4v) is 3.34. The van der Waals surface area contributed by atoms with Crippen LogP contribution in [0, 0.1) is 6.92 Å². The van der Waals surface area contributed by atoms with Gasteiger partial charge in [0.05, 0.1) is 27.4 Å². The van der Waals surface area contributed by atoms with Crippen molar-refractivity contribution >= 4 is 11.3 Å². The van der Waals surface area contributed by atoms with Crippen LogP contribution in [0.3, 0.4) is 0 Å². The third kappa shape index (κ3) is 2.83. The van der Waals surface area contributed by atoms with Gasteiger partial charge in [0.2, 0.25) is 5.75 Å². The van der Waals surface area contributed by atoms with Crippen molar-refractivity contribution in [2.24, 2.45) is 5.84 Å². The molecule has 2 rings (SSSR count). The van der Waals surface area contributed by atoms with Crippen molar-refractivity contribution in [3.8, 4) is 17.2 Å². The Morgan fingerprint density at radius 1 is 1.05 bits per heavy atom. The van der Waals surface area contributed by atoms with Crippen molar-refractivity contribution in [1.29, 1.82) is 0 Å². The molecule has 6 heteroatoms. The van der Waals surface area contributed by atoms with Crippen LogP contribution in [0.1, 0.15) is 22.0 Å². The van der Waals surface area contributed by atoms with Gasteiger partial charge < -0.3 is 14.2 Å². The smallest absolute Gasteiger partial charge is 0.203 e. The van der Waals surface area contributed by atoms with Crippen molar-refractivity contribution in [2.75, 3.05) is 21.3 Å². The van der Waals surface area contributed by atoms with Gasteiger partial charge in [-0.25, -0.2) is 5.43 Å². The van der Waals surface area contributed by atoms with Crippen molar-refractivity contribution in [3.05, 3.63) is 39.6 Å². The Labute approximate surface area is 128 Å². The van der Waals surface area contributed by atoms with Gasteiger partial charge in [0.25, 0.3) is 0 Å². The Kier molecular flexibility index (Phi) is 5.06. The van der Waals surface area contributed by atoms with Gasteiger partial charge in [-0.15, -0.1) is 11.3 Å². The number of ether oxygens (including phenoxy) is 3. The molecule has 114 valence electrons. The molecule has 0 bridgehead atoms. The third-order valence-electron chi connectivity index (χ3n) is 3.38. The maximum Gasteiger partial charge on any atom is 0.203 e. The van der Waals surface area contributed by atoms with Crippen LogP contribution in [0.25, 0.3) is 0 Å². The summed E-state index contributed by atoms with van der Waals surface area (Å²) in [7, 11) is 4.79. The van der Waals surface area contributed by atoms with E-state index in [2.05, 4.69) is 18.4 Å². The molecule has 1 heterocycles. The van der Waals surface area contributed by atoms with Crippen molar-refractivity contribution in [3.63, 3.8) is 0 Å². The van der Waals surface area contributed by atoms with Gasteiger partial charge in [0, 0.05) is 10.4 Å². The number of rotatable bonds is 6. The number of benzene rings is 1. The standard InChI is InChI=1S/C15H20N2O3S/c1-9-7-8-21-15(9)12(17-16)10-5-6-11(18-2)14(20-4)13(10)19-3/h5-8,12,17H,16H2,1-4H3. The third-order valence-corrected chi connectivity index (χ3v) is 4.46. The Bertz CT molecular complexity index is 613. The summed E-state index contributed by atoms with van der Waals surface area (Å²) in [6.45, 7) is 2.06. The summed E-state index contributed by atoms with van der Waals surface area (Å²) in [6, 6.07) is 5.69. The molecule has 0 aliphatic rings. The lowest BCUT2D eigenvalue weighted by Crippen LogP contribution is -2.29. The fraction of sp³-hybridized carbons (Fsp3) is 0.333. The minimum Gasteiger partial charge on any atom is -0.493 e. The molecule has 0 amide bonds. The number of nitrogens with two attached hydrogens (primary N) is 1. The molecule has 3 N–H and O–H groups in total. The van der Waals surface area contributed by atoms with E-state index < -0.39 is 0 Å². The molecular formula is C15H20N2O3S. The number of nitrogens with one attached hydrogen (secondary N) is 1. The summed E-state index contributed by atoms with van der Waals surface area (Å²) < 4.78 is 16.3. The SMILES string of the molecule is COc1ccc(C(NN)c2sccc2C)c(OC)c1OC. The summed E-state index contributed by atoms with van der Waals surface area (Å²) in [5.74, 6) is 7.58. The molecule has 2 aromatic rings. The molecule has 5 nitrogen and oxygen atoms in total. The summed E-state index contributed by atoms with van der Waals surface area (Å²) in [5.41, 5.74) is 4.95. The highest BCUT2D eigenvalue weighted by molar-refractivity contribution is 7.10. The van der Waals surface area contributed by atoms with E-state index in [0.717, 1.165) is 10.4 Å². The molecule has 1 aromatic carbocycles. The summed E-state index contributed by atoms with van der Waals surface area (Å²) in [4.78, 5) is 1.14. The summed E-state index contributed by atoms with van der Waals surface area (Å²) in [6.07, 6.45) is 0. The zero-order valence-corrected chi connectivity index (χ0v) is 13.4. The number of hydrogen-bond acceptors (Lipinski definition) is 6.